The van der Waals surface area contributed by atoms with Gasteiger partial charge in [0.2, 0.25) is 11.8 Å². The molecule has 0 bridgehead atoms. The summed E-state index contributed by atoms with van der Waals surface area (Å²) in [6.07, 6.45) is -0.780. The first-order valence-electron chi connectivity index (χ1n) is 11.4. The highest BCUT2D eigenvalue weighted by molar-refractivity contribution is 7.91. The zero-order valence-corrected chi connectivity index (χ0v) is 22.3. The molecule has 0 aliphatic heterocycles. The van der Waals surface area contributed by atoms with E-state index in [0.717, 1.165) is 4.90 Å². The number of methoxy groups -OCH3 is 1. The highest BCUT2D eigenvalue weighted by Gasteiger charge is 2.29. The molecule has 3 N–H and O–H groups in total. The van der Waals surface area contributed by atoms with E-state index in [1.54, 1.807) is 51.1 Å². The zero-order chi connectivity index (χ0) is 28.5. The number of ether oxygens (including phenoxy) is 2. The van der Waals surface area contributed by atoms with Crippen molar-refractivity contribution in [3.8, 4) is 5.75 Å². The fourth-order valence-corrected chi connectivity index (χ4v) is 4.49. The van der Waals surface area contributed by atoms with Gasteiger partial charge in [-0.25, -0.2) is 18.0 Å². The highest BCUT2D eigenvalue weighted by Crippen LogP contribution is 2.19. The number of carboxylic acid groups (broad SMARTS) is 1. The second-order valence-electron chi connectivity index (χ2n) is 9.09. The largest absolute Gasteiger partial charge is 0.497 e. The van der Waals surface area contributed by atoms with Crippen LogP contribution in [0.5, 0.6) is 5.75 Å². The highest BCUT2D eigenvalue weighted by atomic mass is 32.2. The molecule has 2 rings (SSSR count). The van der Waals surface area contributed by atoms with Crippen LogP contribution in [0.15, 0.2) is 59.5 Å². The molecule has 12 nitrogen and oxygen atoms in total. The van der Waals surface area contributed by atoms with Crippen molar-refractivity contribution in [1.29, 1.82) is 0 Å². The van der Waals surface area contributed by atoms with Crippen LogP contribution in [-0.2, 0) is 29.0 Å². The zero-order valence-electron chi connectivity index (χ0n) is 21.5. The van der Waals surface area contributed by atoms with Crippen molar-refractivity contribution in [3.63, 3.8) is 0 Å². The van der Waals surface area contributed by atoms with Crippen LogP contribution in [0.2, 0.25) is 0 Å². The summed E-state index contributed by atoms with van der Waals surface area (Å²) in [5.41, 5.74) is -0.436. The lowest BCUT2D eigenvalue weighted by molar-refractivity contribution is -0.141. The van der Waals surface area contributed by atoms with Crippen LogP contribution in [-0.4, -0.2) is 75.0 Å². The number of carboxylic acids is 1. The van der Waals surface area contributed by atoms with Gasteiger partial charge in [-0.15, -0.1) is 0 Å². The summed E-state index contributed by atoms with van der Waals surface area (Å²) in [5, 5.41) is 13.8. The molecule has 2 aromatic rings. The number of carbonyl (C=O) groups excluding carboxylic acids is 3. The van der Waals surface area contributed by atoms with E-state index in [0.29, 0.717) is 11.4 Å². The quantitative estimate of drug-likeness (QED) is 0.377. The summed E-state index contributed by atoms with van der Waals surface area (Å²) in [7, 11) is -2.66. The molecular formula is C25H31N3O9S. The van der Waals surface area contributed by atoms with Crippen LogP contribution in [0.25, 0.3) is 0 Å². The SMILES string of the molecule is COc1ccc(S(=O)(=O)CC(NC(=O)CNC(=O)CN(C(=O)OC(C)(C)C)c2ccccc2)C(=O)O)cc1. The lowest BCUT2D eigenvalue weighted by atomic mass is 10.2. The van der Waals surface area contributed by atoms with Gasteiger partial charge in [0.15, 0.2) is 9.84 Å². The average Bonchev–Trinajstić information content (AvgIpc) is 2.85. The van der Waals surface area contributed by atoms with Crippen LogP contribution in [0.4, 0.5) is 10.5 Å². The summed E-state index contributed by atoms with van der Waals surface area (Å²) >= 11 is 0. The van der Waals surface area contributed by atoms with Crippen LogP contribution in [0, 0.1) is 0 Å². The Bertz CT molecular complexity index is 1240. The molecule has 0 saturated heterocycles. The van der Waals surface area contributed by atoms with Crippen LogP contribution in [0.1, 0.15) is 20.8 Å². The Balaban J connectivity index is 2.01. The molecule has 0 heterocycles. The summed E-state index contributed by atoms with van der Waals surface area (Å²) in [4.78, 5) is 50.1. The Morgan fingerprint density at radius 1 is 0.974 bits per heavy atom. The van der Waals surface area contributed by atoms with Crippen molar-refractivity contribution in [3.05, 3.63) is 54.6 Å². The molecule has 0 saturated carbocycles. The minimum atomic E-state index is -4.07. The summed E-state index contributed by atoms with van der Waals surface area (Å²) in [6, 6.07) is 11.9. The van der Waals surface area contributed by atoms with Gasteiger partial charge >= 0.3 is 12.1 Å². The third-order valence-electron chi connectivity index (χ3n) is 4.87. The molecule has 2 aromatic carbocycles. The molecule has 13 heteroatoms. The molecule has 1 unspecified atom stereocenters. The van der Waals surface area contributed by atoms with Gasteiger partial charge in [-0.2, -0.15) is 0 Å². The normalized spacial score (nSPS) is 12.1. The Morgan fingerprint density at radius 2 is 1.58 bits per heavy atom. The minimum absolute atomic E-state index is 0.143. The number of nitrogens with one attached hydrogen (secondary N) is 2. The lowest BCUT2D eigenvalue weighted by Crippen LogP contribution is -2.50. The number of benzene rings is 2. The number of hydrogen-bond acceptors (Lipinski definition) is 8. The van der Waals surface area contributed by atoms with Crippen molar-refractivity contribution < 1.29 is 42.2 Å². The number of aliphatic carboxylic acids is 1. The fraction of sp³-hybridized carbons (Fsp3) is 0.360. The van der Waals surface area contributed by atoms with E-state index in [4.69, 9.17) is 9.47 Å². The minimum Gasteiger partial charge on any atom is -0.497 e. The molecular weight excluding hydrogens is 518 g/mol. The summed E-state index contributed by atoms with van der Waals surface area (Å²) in [5.74, 6) is -3.72. The number of rotatable bonds is 11. The monoisotopic (exact) mass is 549 g/mol. The number of anilines is 1. The Morgan fingerprint density at radius 3 is 2.11 bits per heavy atom. The molecule has 206 valence electrons. The van der Waals surface area contributed by atoms with Crippen LogP contribution < -0.4 is 20.3 Å². The maximum absolute atomic E-state index is 12.7. The maximum Gasteiger partial charge on any atom is 0.415 e. The number of hydrogen-bond donors (Lipinski definition) is 3. The van der Waals surface area contributed by atoms with Gasteiger partial charge in [-0.3, -0.25) is 14.5 Å². The molecule has 0 aromatic heterocycles. The first-order valence-corrected chi connectivity index (χ1v) is 13.1. The van der Waals surface area contributed by atoms with E-state index >= 15 is 0 Å². The van der Waals surface area contributed by atoms with Crippen molar-refractivity contribution in [1.82, 2.24) is 10.6 Å². The van der Waals surface area contributed by atoms with E-state index in [1.165, 1.54) is 31.4 Å². The maximum atomic E-state index is 12.7. The van der Waals surface area contributed by atoms with E-state index in [-0.39, 0.29) is 4.90 Å². The number of amides is 3. The number of nitrogens with zero attached hydrogens (tertiary/aromatic N) is 1. The predicted molar refractivity (Wildman–Crippen MR) is 138 cm³/mol. The standard InChI is InChI=1S/C25H31N3O9S/c1-25(2,3)37-24(33)28(17-8-6-5-7-9-17)15-22(30)26-14-21(29)27-20(23(31)32)16-38(34,35)19-12-10-18(36-4)11-13-19/h5-13,20H,14-16H2,1-4H3,(H,26,30)(H,27,29)(H,31,32). The Hall–Kier alpha value is -4.13. The molecule has 3 amide bonds. The van der Waals surface area contributed by atoms with Gasteiger partial charge in [0.25, 0.3) is 0 Å². The first-order chi connectivity index (χ1) is 17.7. The van der Waals surface area contributed by atoms with Gasteiger partial charge in [-0.1, -0.05) is 18.2 Å². The first kappa shape index (κ1) is 30.1. The average molecular weight is 550 g/mol. The van der Waals surface area contributed by atoms with E-state index in [2.05, 4.69) is 10.6 Å². The predicted octanol–water partition coefficient (Wildman–Crippen LogP) is 1.60. The third-order valence-corrected chi connectivity index (χ3v) is 6.63. The van der Waals surface area contributed by atoms with Gasteiger partial charge in [0, 0.05) is 5.69 Å². The molecule has 0 spiro atoms. The van der Waals surface area contributed by atoms with E-state index in [9.17, 15) is 32.7 Å². The molecule has 0 aliphatic carbocycles. The van der Waals surface area contributed by atoms with Crippen LogP contribution in [0.3, 0.4) is 0 Å². The van der Waals surface area contributed by atoms with Gasteiger partial charge in [-0.05, 0) is 57.2 Å². The molecule has 0 aliphatic rings. The van der Waals surface area contributed by atoms with Gasteiger partial charge < -0.3 is 25.2 Å². The van der Waals surface area contributed by atoms with Crippen molar-refractivity contribution in [2.75, 3.05) is 30.9 Å². The van der Waals surface area contributed by atoms with E-state index in [1.807, 2.05) is 0 Å². The van der Waals surface area contributed by atoms with E-state index < -0.39 is 64.2 Å². The number of carbonyl (C=O) groups is 4. The topological polar surface area (TPSA) is 168 Å². The number of para-hydroxylation sites is 1. The fourth-order valence-electron chi connectivity index (χ4n) is 3.08. The second-order valence-corrected chi connectivity index (χ2v) is 11.1. The molecule has 0 radical (unpaired) electrons. The van der Waals surface area contributed by atoms with Crippen molar-refractivity contribution >= 4 is 39.4 Å². The number of sulfone groups is 1. The smallest absolute Gasteiger partial charge is 0.415 e. The van der Waals surface area contributed by atoms with Crippen molar-refractivity contribution in [2.45, 2.75) is 37.3 Å². The Labute approximate surface area is 220 Å². The van der Waals surface area contributed by atoms with Crippen LogP contribution >= 0.6 is 0 Å². The third kappa shape index (κ3) is 9.39. The second kappa shape index (κ2) is 12.9. The van der Waals surface area contributed by atoms with Gasteiger partial charge in [0.05, 0.1) is 24.3 Å². The summed E-state index contributed by atoms with van der Waals surface area (Å²) < 4.78 is 35.6. The lowest BCUT2D eigenvalue weighted by Gasteiger charge is -2.27. The molecule has 0 fully saturated rings. The molecule has 38 heavy (non-hydrogen) atoms. The van der Waals surface area contributed by atoms with Crippen molar-refractivity contribution in [2.24, 2.45) is 0 Å². The van der Waals surface area contributed by atoms with Gasteiger partial charge in [0.1, 0.15) is 23.9 Å². The summed E-state index contributed by atoms with van der Waals surface area (Å²) in [6.45, 7) is 3.88. The molecule has 1 atom stereocenters. The Kier molecular flexibility index (Phi) is 10.2.